The molecule has 1 amide bonds. The van der Waals surface area contributed by atoms with Gasteiger partial charge in [-0.3, -0.25) is 0 Å². The molecular weight excluding hydrogens is 532 g/mol. The summed E-state index contributed by atoms with van der Waals surface area (Å²) in [6.45, 7) is 8.35. The first-order chi connectivity index (χ1) is 18.9. The highest BCUT2D eigenvalue weighted by molar-refractivity contribution is 5.85. The second-order valence-electron chi connectivity index (χ2n) is 12.4. The molecule has 1 N–H and O–H groups in total. The van der Waals surface area contributed by atoms with Crippen LogP contribution in [0.25, 0.3) is 0 Å². The monoisotopic (exact) mass is 570 g/mol. The predicted molar refractivity (Wildman–Crippen MR) is 152 cm³/mol. The van der Waals surface area contributed by atoms with E-state index >= 15 is 0 Å². The zero-order chi connectivity index (χ0) is 26.7. The van der Waals surface area contributed by atoms with Crippen LogP contribution >= 0.6 is 12.4 Å². The van der Waals surface area contributed by atoms with E-state index in [2.05, 4.69) is 23.5 Å². The third-order valence-corrected chi connectivity index (χ3v) is 9.07. The van der Waals surface area contributed by atoms with Crippen LogP contribution in [0, 0.1) is 0 Å². The number of rotatable bonds is 0. The second-order valence-corrected chi connectivity index (χ2v) is 12.4. The second kappa shape index (κ2) is 10.5. The molecule has 40 heavy (non-hydrogen) atoms. The van der Waals surface area contributed by atoms with Gasteiger partial charge in [0.05, 0.1) is 0 Å². The van der Waals surface area contributed by atoms with Gasteiger partial charge in [0, 0.05) is 41.6 Å². The van der Waals surface area contributed by atoms with Crippen molar-refractivity contribution in [3.63, 3.8) is 0 Å². The third-order valence-electron chi connectivity index (χ3n) is 9.07. The molecule has 2 aromatic carbocycles. The van der Waals surface area contributed by atoms with Crippen LogP contribution in [0.1, 0.15) is 80.5 Å². The fourth-order valence-corrected chi connectivity index (χ4v) is 7.46. The van der Waals surface area contributed by atoms with Gasteiger partial charge < -0.3 is 33.9 Å². The van der Waals surface area contributed by atoms with E-state index in [0.29, 0.717) is 31.5 Å². The Labute approximate surface area is 242 Å². The summed E-state index contributed by atoms with van der Waals surface area (Å²) in [6.07, 6.45) is 6.29. The van der Waals surface area contributed by atoms with Gasteiger partial charge in [0.25, 0.3) is 0 Å². The van der Waals surface area contributed by atoms with Gasteiger partial charge in [-0.2, -0.15) is 0 Å². The Bertz CT molecular complexity index is 1290. The summed E-state index contributed by atoms with van der Waals surface area (Å²) in [5.74, 6) is 4.78. The average Bonchev–Trinajstić information content (AvgIpc) is 3.71. The Hall–Kier alpha value is -2.84. The Balaban J connectivity index is 0.000000149. The van der Waals surface area contributed by atoms with E-state index in [1.165, 1.54) is 35.1 Å². The van der Waals surface area contributed by atoms with Crippen molar-refractivity contribution < 1.29 is 28.5 Å². The zero-order valence-electron chi connectivity index (χ0n) is 23.5. The molecule has 0 saturated carbocycles. The maximum Gasteiger partial charge on any atom is 0.410 e. The molecule has 6 aliphatic rings. The van der Waals surface area contributed by atoms with E-state index < -0.39 is 5.60 Å². The molecule has 0 unspecified atom stereocenters. The van der Waals surface area contributed by atoms with Crippen molar-refractivity contribution in [1.82, 2.24) is 10.2 Å². The lowest BCUT2D eigenvalue weighted by Crippen LogP contribution is -2.42. The van der Waals surface area contributed by atoms with Gasteiger partial charge in [-0.1, -0.05) is 12.1 Å². The van der Waals surface area contributed by atoms with Crippen LogP contribution in [-0.4, -0.2) is 55.4 Å². The third kappa shape index (κ3) is 4.73. The molecule has 2 aliphatic carbocycles. The van der Waals surface area contributed by atoms with Crippen LogP contribution in [0.4, 0.5) is 4.79 Å². The van der Waals surface area contributed by atoms with Gasteiger partial charge in [0.1, 0.15) is 5.60 Å². The SMILES string of the molecule is CC(C)(C)OC(=O)N1CC[C@@H]2c3ccc4c(c3CC[C@H]21)OCO4.Cl.c1cc2c(c3c1OCO3)CC[C@H]1NCC[C@H]21. The van der Waals surface area contributed by atoms with Gasteiger partial charge in [-0.25, -0.2) is 4.79 Å². The van der Waals surface area contributed by atoms with E-state index in [-0.39, 0.29) is 24.5 Å². The number of amides is 1. The molecule has 2 fully saturated rings. The highest BCUT2D eigenvalue weighted by atomic mass is 35.5. The Morgan fingerprint density at radius 3 is 2.12 bits per heavy atom. The van der Waals surface area contributed by atoms with Crippen LogP contribution in [0.5, 0.6) is 23.0 Å². The average molecular weight is 571 g/mol. The normalized spacial score (nSPS) is 26.4. The van der Waals surface area contributed by atoms with Crippen LogP contribution < -0.4 is 24.3 Å². The molecule has 4 atom stereocenters. The van der Waals surface area contributed by atoms with Crippen molar-refractivity contribution in [1.29, 1.82) is 0 Å². The van der Waals surface area contributed by atoms with E-state index in [0.717, 1.165) is 61.8 Å². The lowest BCUT2D eigenvalue weighted by Gasteiger charge is -2.34. The van der Waals surface area contributed by atoms with E-state index in [1.807, 2.05) is 31.7 Å². The molecule has 0 spiro atoms. The highest BCUT2D eigenvalue weighted by Gasteiger charge is 2.44. The number of hydrogen-bond acceptors (Lipinski definition) is 7. The Morgan fingerprint density at radius 1 is 0.850 bits per heavy atom. The Kier molecular flexibility index (Phi) is 7.20. The van der Waals surface area contributed by atoms with Gasteiger partial charge >= 0.3 is 6.09 Å². The molecule has 9 heteroatoms. The molecule has 0 radical (unpaired) electrons. The number of fused-ring (bicyclic) bond motifs is 10. The van der Waals surface area contributed by atoms with Crippen LogP contribution in [0.3, 0.4) is 0 Å². The number of carbonyl (C=O) groups is 1. The first-order valence-electron chi connectivity index (χ1n) is 14.4. The smallest absolute Gasteiger partial charge is 0.410 e. The summed E-state index contributed by atoms with van der Waals surface area (Å²) in [7, 11) is 0. The quantitative estimate of drug-likeness (QED) is 0.436. The molecule has 8 nitrogen and oxygen atoms in total. The van der Waals surface area contributed by atoms with Crippen LogP contribution in [0.15, 0.2) is 24.3 Å². The summed E-state index contributed by atoms with van der Waals surface area (Å²) in [5.41, 5.74) is 5.03. The largest absolute Gasteiger partial charge is 0.454 e. The molecule has 4 aliphatic heterocycles. The van der Waals surface area contributed by atoms with Crippen molar-refractivity contribution in [2.75, 3.05) is 26.7 Å². The highest BCUT2D eigenvalue weighted by Crippen LogP contribution is 2.49. The summed E-state index contributed by atoms with van der Waals surface area (Å²) < 4.78 is 27.8. The number of ether oxygens (including phenoxy) is 5. The predicted octanol–water partition coefficient (Wildman–Crippen LogP) is 5.68. The van der Waals surface area contributed by atoms with Crippen molar-refractivity contribution >= 4 is 18.5 Å². The minimum atomic E-state index is -0.451. The van der Waals surface area contributed by atoms with E-state index in [1.54, 1.807) is 0 Å². The van der Waals surface area contributed by atoms with Gasteiger partial charge in [-0.15, -0.1) is 12.4 Å². The lowest BCUT2D eigenvalue weighted by atomic mass is 9.79. The van der Waals surface area contributed by atoms with Gasteiger partial charge in [-0.05, 0) is 89.1 Å². The standard InChI is InChI=1S/C18H23NO4.C13H15NO2.ClH/c1-18(2,3)23-17(20)19-9-8-12-11-5-7-15-16(22-10-21-15)13(11)4-6-14(12)19;1-3-11-9(5-6-14-11)8-2-4-12-13(10(1)8)16-7-15-12;/h5,7,12,14H,4,6,8-10H2,1-3H3;2,4,9,11,14H,1,3,5-7H2;1H/t12-,14-;9-,11-;/m11./s1. The maximum absolute atomic E-state index is 12.5. The number of halogens is 1. The fourth-order valence-electron chi connectivity index (χ4n) is 7.46. The molecule has 2 saturated heterocycles. The Morgan fingerprint density at radius 2 is 1.48 bits per heavy atom. The van der Waals surface area contributed by atoms with Gasteiger partial charge in [0.2, 0.25) is 13.6 Å². The lowest BCUT2D eigenvalue weighted by molar-refractivity contribution is 0.0209. The molecule has 4 heterocycles. The molecule has 2 aromatic rings. The summed E-state index contributed by atoms with van der Waals surface area (Å²) >= 11 is 0. The molecule has 0 aromatic heterocycles. The van der Waals surface area contributed by atoms with Crippen LogP contribution in [0.2, 0.25) is 0 Å². The number of benzene rings is 2. The summed E-state index contributed by atoms with van der Waals surface area (Å²) in [6, 6.07) is 9.39. The minimum absolute atomic E-state index is 0. The first kappa shape index (κ1) is 27.3. The number of nitrogens with zero attached hydrogens (tertiary/aromatic N) is 1. The molecule has 8 rings (SSSR count). The number of likely N-dealkylation sites (tertiary alicyclic amines) is 1. The van der Waals surface area contributed by atoms with Crippen molar-refractivity contribution in [3.8, 4) is 23.0 Å². The van der Waals surface area contributed by atoms with E-state index in [4.69, 9.17) is 23.7 Å². The number of nitrogens with one attached hydrogen (secondary N) is 1. The zero-order valence-corrected chi connectivity index (χ0v) is 24.3. The molecule has 0 bridgehead atoms. The number of carbonyl (C=O) groups excluding carboxylic acids is 1. The fraction of sp³-hybridized carbons (Fsp3) is 0.581. The minimum Gasteiger partial charge on any atom is -0.454 e. The maximum atomic E-state index is 12.5. The molecular formula is C31H39ClN2O6. The number of hydrogen-bond donors (Lipinski definition) is 1. The van der Waals surface area contributed by atoms with Gasteiger partial charge in [0.15, 0.2) is 23.0 Å². The molecule has 216 valence electrons. The topological polar surface area (TPSA) is 78.5 Å². The summed E-state index contributed by atoms with van der Waals surface area (Å²) in [5, 5.41) is 3.60. The van der Waals surface area contributed by atoms with Crippen molar-refractivity contribution in [2.24, 2.45) is 0 Å². The first-order valence-corrected chi connectivity index (χ1v) is 14.4. The summed E-state index contributed by atoms with van der Waals surface area (Å²) in [4.78, 5) is 14.4. The van der Waals surface area contributed by atoms with Crippen molar-refractivity contribution in [2.45, 2.75) is 88.8 Å². The van der Waals surface area contributed by atoms with Crippen molar-refractivity contribution in [3.05, 3.63) is 46.5 Å². The van der Waals surface area contributed by atoms with E-state index in [9.17, 15) is 4.79 Å². The van der Waals surface area contributed by atoms with Crippen LogP contribution in [-0.2, 0) is 17.6 Å².